The molecule has 0 saturated carbocycles. The number of allylic oxidation sites excluding steroid dienone is 12. The Kier molecular flexibility index (Phi) is 11.5. The summed E-state index contributed by atoms with van der Waals surface area (Å²) in [5.74, 6) is 0. The van der Waals surface area contributed by atoms with Gasteiger partial charge in [0.15, 0.2) is 0 Å². The summed E-state index contributed by atoms with van der Waals surface area (Å²) in [5, 5.41) is 8.69. The zero-order valence-electron chi connectivity index (χ0n) is 14.7. The van der Waals surface area contributed by atoms with Crippen molar-refractivity contribution in [2.24, 2.45) is 0 Å². The fraction of sp³-hybridized carbons (Fsp3) is 0.286. The summed E-state index contributed by atoms with van der Waals surface area (Å²) < 4.78 is 0. The second-order valence-corrected chi connectivity index (χ2v) is 6.42. The van der Waals surface area contributed by atoms with Crippen LogP contribution in [-0.4, -0.2) is 0 Å². The summed E-state index contributed by atoms with van der Waals surface area (Å²) in [6.45, 7) is 16.1. The number of nitriles is 1. The summed E-state index contributed by atoms with van der Waals surface area (Å²) >= 11 is 1.79. The predicted molar refractivity (Wildman–Crippen MR) is 106 cm³/mol. The summed E-state index contributed by atoms with van der Waals surface area (Å²) in [7, 11) is 0. The minimum atomic E-state index is 0.431. The van der Waals surface area contributed by atoms with Gasteiger partial charge in [-0.25, -0.2) is 0 Å². The zero-order valence-corrected chi connectivity index (χ0v) is 15.5. The van der Waals surface area contributed by atoms with Gasteiger partial charge in [0.2, 0.25) is 0 Å². The van der Waals surface area contributed by atoms with E-state index >= 15 is 0 Å². The van der Waals surface area contributed by atoms with E-state index in [2.05, 4.69) is 64.3 Å². The molecule has 0 N–H and O–H groups in total. The molecule has 0 amide bonds. The van der Waals surface area contributed by atoms with Crippen molar-refractivity contribution >= 4 is 11.8 Å². The minimum Gasteiger partial charge on any atom is -0.192 e. The van der Waals surface area contributed by atoms with Crippen molar-refractivity contribution in [3.8, 4) is 6.07 Å². The van der Waals surface area contributed by atoms with E-state index in [1.54, 1.807) is 17.8 Å². The summed E-state index contributed by atoms with van der Waals surface area (Å²) in [6, 6.07) is 1.99. The molecule has 0 radical (unpaired) electrons. The zero-order chi connectivity index (χ0) is 17.7. The van der Waals surface area contributed by atoms with E-state index in [1.165, 1.54) is 9.81 Å². The molecule has 0 atom stereocenters. The van der Waals surface area contributed by atoms with Gasteiger partial charge < -0.3 is 0 Å². The Morgan fingerprint density at radius 1 is 1.09 bits per heavy atom. The fourth-order valence-corrected chi connectivity index (χ4v) is 2.34. The number of thioether (sulfide) groups is 1. The first-order valence-corrected chi connectivity index (χ1v) is 8.61. The monoisotopic (exact) mass is 325 g/mol. The van der Waals surface area contributed by atoms with Crippen LogP contribution in [0.15, 0.2) is 82.2 Å². The Balaban J connectivity index is 4.91. The number of nitrogens with zero attached hydrogens (tertiary/aromatic N) is 1. The van der Waals surface area contributed by atoms with Gasteiger partial charge in [0.25, 0.3) is 0 Å². The van der Waals surface area contributed by atoms with Crippen LogP contribution in [0.5, 0.6) is 0 Å². The average molecular weight is 326 g/mol. The average Bonchev–Trinajstić information content (AvgIpc) is 2.55. The fourth-order valence-electron chi connectivity index (χ4n) is 1.50. The van der Waals surface area contributed by atoms with E-state index in [9.17, 15) is 0 Å². The van der Waals surface area contributed by atoms with Crippen molar-refractivity contribution < 1.29 is 0 Å². The maximum absolute atomic E-state index is 8.69. The number of hydrogen-bond donors (Lipinski definition) is 0. The summed E-state index contributed by atoms with van der Waals surface area (Å²) in [4.78, 5) is 2.58. The van der Waals surface area contributed by atoms with Crippen molar-refractivity contribution in [1.29, 1.82) is 5.26 Å². The molecule has 0 aromatic carbocycles. The van der Waals surface area contributed by atoms with E-state index in [1.807, 2.05) is 19.1 Å². The van der Waals surface area contributed by atoms with Crippen LogP contribution >= 0.6 is 11.8 Å². The summed E-state index contributed by atoms with van der Waals surface area (Å²) in [5.41, 5.74) is 2.39. The molecule has 1 nitrogen and oxygen atoms in total. The van der Waals surface area contributed by atoms with Crippen LogP contribution in [0.3, 0.4) is 0 Å². The van der Waals surface area contributed by atoms with E-state index in [-0.39, 0.29) is 0 Å². The topological polar surface area (TPSA) is 23.8 Å². The standard InChI is InChI=1S/C21H27NS/c1-7-9-10-11-20(6)23-21(8-2)15-14-19(5)18(4)13-12-17(3)16-22/h9-15H,3-4,7-8H2,1-2,5-6H3/b10-9-,13-12-,19-14+,20-11+,21-15+. The minimum absolute atomic E-state index is 0.431. The van der Waals surface area contributed by atoms with Gasteiger partial charge in [0.05, 0.1) is 6.07 Å². The molecule has 2 heteroatoms. The molecule has 0 aromatic rings. The smallest absolute Gasteiger partial charge is 0.0985 e. The maximum Gasteiger partial charge on any atom is 0.0985 e. The normalized spacial score (nSPS) is 13.6. The Morgan fingerprint density at radius 2 is 1.78 bits per heavy atom. The molecule has 23 heavy (non-hydrogen) atoms. The van der Waals surface area contributed by atoms with Crippen molar-refractivity contribution in [2.45, 2.75) is 40.5 Å². The molecule has 0 aliphatic carbocycles. The first-order chi connectivity index (χ1) is 10.9. The van der Waals surface area contributed by atoms with Crippen molar-refractivity contribution in [2.75, 3.05) is 0 Å². The molecule has 0 aliphatic heterocycles. The van der Waals surface area contributed by atoms with Crippen LogP contribution in [0.1, 0.15) is 40.5 Å². The Labute approximate surface area is 146 Å². The van der Waals surface area contributed by atoms with Crippen LogP contribution in [-0.2, 0) is 0 Å². The SMILES string of the molecule is C=C(C#N)/C=C\C(=C)/C(C)=C/C=C(\CC)S/C(C)=C/C=C\CC. The van der Waals surface area contributed by atoms with E-state index in [0.29, 0.717) is 5.57 Å². The van der Waals surface area contributed by atoms with Crippen LogP contribution in [0.4, 0.5) is 0 Å². The lowest BCUT2D eigenvalue weighted by atomic mass is 10.1. The second-order valence-electron chi connectivity index (χ2n) is 5.05. The van der Waals surface area contributed by atoms with Crippen molar-refractivity contribution in [3.63, 3.8) is 0 Å². The van der Waals surface area contributed by atoms with E-state index in [4.69, 9.17) is 5.26 Å². The molecule has 0 fully saturated rings. The van der Waals surface area contributed by atoms with E-state index in [0.717, 1.165) is 24.0 Å². The van der Waals surface area contributed by atoms with Gasteiger partial charge in [-0.2, -0.15) is 5.26 Å². The first-order valence-electron chi connectivity index (χ1n) is 7.79. The summed E-state index contributed by atoms with van der Waals surface area (Å²) in [6.07, 6.45) is 16.2. The lowest BCUT2D eigenvalue weighted by Gasteiger charge is -2.04. The van der Waals surface area contributed by atoms with Crippen molar-refractivity contribution in [3.05, 3.63) is 82.2 Å². The highest BCUT2D eigenvalue weighted by molar-refractivity contribution is 8.06. The van der Waals surface area contributed by atoms with Gasteiger partial charge in [-0.15, -0.1) is 0 Å². The van der Waals surface area contributed by atoms with Gasteiger partial charge >= 0.3 is 0 Å². The molecule has 0 unspecified atom stereocenters. The molecular formula is C21H27NS. The van der Waals surface area contributed by atoms with Crippen molar-refractivity contribution in [1.82, 2.24) is 0 Å². The Hall–Kier alpha value is -1.98. The van der Waals surface area contributed by atoms with Crippen LogP contribution in [0, 0.1) is 11.3 Å². The third-order valence-electron chi connectivity index (χ3n) is 3.00. The number of rotatable bonds is 9. The molecule has 0 aliphatic rings. The van der Waals surface area contributed by atoms with Gasteiger partial charge in [-0.05, 0) is 53.7 Å². The molecule has 0 aromatic heterocycles. The predicted octanol–water partition coefficient (Wildman–Crippen LogP) is 7.02. The molecule has 0 bridgehead atoms. The van der Waals surface area contributed by atoms with Gasteiger partial charge in [-0.1, -0.05) is 75.2 Å². The maximum atomic E-state index is 8.69. The van der Waals surface area contributed by atoms with Crippen LogP contribution in [0.25, 0.3) is 0 Å². The van der Waals surface area contributed by atoms with E-state index < -0.39 is 0 Å². The highest BCUT2D eigenvalue weighted by Crippen LogP contribution is 2.27. The van der Waals surface area contributed by atoms with Gasteiger partial charge in [-0.3, -0.25) is 0 Å². The molecule has 0 spiro atoms. The lowest BCUT2D eigenvalue weighted by Crippen LogP contribution is -1.80. The molecule has 122 valence electrons. The largest absolute Gasteiger partial charge is 0.192 e. The van der Waals surface area contributed by atoms with Crippen LogP contribution < -0.4 is 0 Å². The Bertz CT molecular complexity index is 604. The molecular weight excluding hydrogens is 298 g/mol. The number of hydrogen-bond acceptors (Lipinski definition) is 2. The molecule has 0 heterocycles. The van der Waals surface area contributed by atoms with Gasteiger partial charge in [0.1, 0.15) is 0 Å². The highest BCUT2D eigenvalue weighted by atomic mass is 32.2. The third kappa shape index (κ3) is 10.4. The highest BCUT2D eigenvalue weighted by Gasteiger charge is 1.97. The second kappa shape index (κ2) is 12.6. The third-order valence-corrected chi connectivity index (χ3v) is 4.14. The molecule has 0 saturated heterocycles. The Morgan fingerprint density at radius 3 is 2.35 bits per heavy atom. The van der Waals surface area contributed by atoms with Crippen LogP contribution in [0.2, 0.25) is 0 Å². The molecule has 0 rings (SSSR count). The van der Waals surface area contributed by atoms with Gasteiger partial charge in [0, 0.05) is 5.57 Å². The lowest BCUT2D eigenvalue weighted by molar-refractivity contribution is 1.20. The quantitative estimate of drug-likeness (QED) is 0.336. The first kappa shape index (κ1) is 21.0.